The summed E-state index contributed by atoms with van der Waals surface area (Å²) in [6.45, 7) is 0.534. The first-order chi connectivity index (χ1) is 18.2. The average Bonchev–Trinajstić information content (AvgIpc) is 2.91. The summed E-state index contributed by atoms with van der Waals surface area (Å²) < 4.78 is 34.2. The molecule has 1 heterocycles. The number of carbonyl (C=O) groups is 2. The van der Waals surface area contributed by atoms with Crippen molar-refractivity contribution in [1.29, 1.82) is 5.26 Å². The van der Waals surface area contributed by atoms with E-state index in [1.807, 2.05) is 0 Å². The molecule has 0 bridgehead atoms. The van der Waals surface area contributed by atoms with Crippen molar-refractivity contribution in [2.75, 3.05) is 13.2 Å². The lowest BCUT2D eigenvalue weighted by Crippen LogP contribution is -2.57. The second-order valence-electron chi connectivity index (χ2n) is 8.90. The van der Waals surface area contributed by atoms with E-state index in [4.69, 9.17) is 27.9 Å². The second-order valence-corrected chi connectivity index (χ2v) is 9.71. The van der Waals surface area contributed by atoms with Crippen molar-refractivity contribution in [3.63, 3.8) is 0 Å². The molecule has 2 N–H and O–H groups in total. The minimum Gasteiger partial charge on any atom is -0.381 e. The topological polar surface area (TPSA) is 91.2 Å². The lowest BCUT2D eigenvalue weighted by Gasteiger charge is -2.33. The van der Waals surface area contributed by atoms with Gasteiger partial charge < -0.3 is 15.4 Å². The van der Waals surface area contributed by atoms with Crippen LogP contribution in [0.15, 0.2) is 60.7 Å². The number of nitrogens with zero attached hydrogens (tertiary/aromatic N) is 1. The van der Waals surface area contributed by atoms with Crippen LogP contribution in [-0.4, -0.2) is 36.6 Å². The third-order valence-electron chi connectivity index (χ3n) is 6.41. The van der Waals surface area contributed by atoms with Crippen molar-refractivity contribution in [2.45, 2.75) is 30.8 Å². The maximum Gasteiger partial charge on any atom is 0.251 e. The standard InChI is InChI=1S/C28H23Cl2F2N3O3/c29-21-5-2-1-4-18(21)19-9-8-17(14-22(19)30)26(36)34-25(15-20-23(31)6-3-7-24(20)32)27(37)35-28(16-33)10-12-38-13-11-28/h1-9,14,25H,10-13,15H2,(H,34,36)(H,35,37)/t25-/m0/s1. The van der Waals surface area contributed by atoms with Gasteiger partial charge in [-0.1, -0.05) is 53.5 Å². The number of halogens is 4. The Morgan fingerprint density at radius 3 is 2.26 bits per heavy atom. The number of hydrogen-bond acceptors (Lipinski definition) is 4. The van der Waals surface area contributed by atoms with Gasteiger partial charge in [0.2, 0.25) is 5.91 Å². The van der Waals surface area contributed by atoms with Crippen molar-refractivity contribution in [2.24, 2.45) is 0 Å². The Morgan fingerprint density at radius 2 is 1.63 bits per heavy atom. The van der Waals surface area contributed by atoms with E-state index in [1.54, 1.807) is 30.3 Å². The lowest BCUT2D eigenvalue weighted by molar-refractivity contribution is -0.125. The van der Waals surface area contributed by atoms with E-state index in [1.165, 1.54) is 18.2 Å². The fourth-order valence-electron chi connectivity index (χ4n) is 4.24. The molecule has 1 atom stereocenters. The number of amides is 2. The minimum absolute atomic E-state index is 0.124. The van der Waals surface area contributed by atoms with E-state index in [9.17, 15) is 23.6 Å². The summed E-state index contributed by atoms with van der Waals surface area (Å²) in [6, 6.07) is 15.7. The van der Waals surface area contributed by atoms with Gasteiger partial charge in [0.1, 0.15) is 23.2 Å². The smallest absolute Gasteiger partial charge is 0.251 e. The first-order valence-corrected chi connectivity index (χ1v) is 12.6. The Bertz CT molecular complexity index is 1380. The monoisotopic (exact) mass is 557 g/mol. The molecular weight excluding hydrogens is 535 g/mol. The summed E-state index contributed by atoms with van der Waals surface area (Å²) in [4.78, 5) is 26.5. The molecule has 38 heavy (non-hydrogen) atoms. The third kappa shape index (κ3) is 6.13. The number of nitrogens with one attached hydrogen (secondary N) is 2. The van der Waals surface area contributed by atoms with Crippen LogP contribution in [0.5, 0.6) is 0 Å². The Kier molecular flexibility index (Phi) is 8.62. The Hall–Kier alpha value is -3.51. The van der Waals surface area contributed by atoms with Crippen LogP contribution >= 0.6 is 23.2 Å². The van der Waals surface area contributed by atoms with Crippen molar-refractivity contribution in [3.05, 3.63) is 93.5 Å². The van der Waals surface area contributed by atoms with Crippen LogP contribution in [0, 0.1) is 23.0 Å². The van der Waals surface area contributed by atoms with E-state index in [2.05, 4.69) is 16.7 Å². The highest BCUT2D eigenvalue weighted by atomic mass is 35.5. The summed E-state index contributed by atoms with van der Waals surface area (Å²) in [6.07, 6.45) is 0.00564. The first-order valence-electron chi connectivity index (χ1n) is 11.8. The largest absolute Gasteiger partial charge is 0.381 e. The summed E-state index contributed by atoms with van der Waals surface area (Å²) in [7, 11) is 0. The fraction of sp³-hybridized carbons (Fsp3) is 0.250. The van der Waals surface area contributed by atoms with E-state index in [0.29, 0.717) is 16.1 Å². The Balaban J connectivity index is 1.61. The summed E-state index contributed by atoms with van der Waals surface area (Å²) in [5.74, 6) is -3.15. The number of hydrogen-bond donors (Lipinski definition) is 2. The zero-order valence-corrected chi connectivity index (χ0v) is 21.6. The zero-order valence-electron chi connectivity index (χ0n) is 20.1. The number of rotatable bonds is 7. The molecule has 6 nitrogen and oxygen atoms in total. The molecule has 0 spiro atoms. The maximum absolute atomic E-state index is 14.4. The Morgan fingerprint density at radius 1 is 0.974 bits per heavy atom. The molecule has 1 fully saturated rings. The molecule has 4 rings (SSSR count). The number of carbonyl (C=O) groups excluding carboxylic acids is 2. The van der Waals surface area contributed by atoms with Crippen LogP contribution < -0.4 is 10.6 Å². The second kappa shape index (κ2) is 11.9. The number of benzene rings is 3. The number of ether oxygens (including phenoxy) is 1. The van der Waals surface area contributed by atoms with Crippen LogP contribution in [0.4, 0.5) is 8.78 Å². The van der Waals surface area contributed by atoms with E-state index < -0.39 is 41.5 Å². The molecular formula is C28H23Cl2F2N3O3. The molecule has 2 amide bonds. The van der Waals surface area contributed by atoms with Crippen LogP contribution in [-0.2, 0) is 16.0 Å². The highest BCUT2D eigenvalue weighted by Gasteiger charge is 2.37. The molecule has 1 aliphatic rings. The van der Waals surface area contributed by atoms with Gasteiger partial charge in [-0.2, -0.15) is 5.26 Å². The van der Waals surface area contributed by atoms with Crippen LogP contribution in [0.25, 0.3) is 11.1 Å². The van der Waals surface area contributed by atoms with Crippen LogP contribution in [0.1, 0.15) is 28.8 Å². The zero-order chi connectivity index (χ0) is 27.3. The molecule has 10 heteroatoms. The van der Waals surface area contributed by atoms with Crippen LogP contribution in [0.3, 0.4) is 0 Å². The molecule has 0 aliphatic carbocycles. The first kappa shape index (κ1) is 27.5. The molecule has 3 aromatic rings. The van der Waals surface area contributed by atoms with Crippen molar-refractivity contribution >= 4 is 35.0 Å². The van der Waals surface area contributed by atoms with E-state index in [0.717, 1.165) is 12.1 Å². The predicted octanol–water partition coefficient (Wildman–Crippen LogP) is 5.47. The summed E-state index contributed by atoms with van der Waals surface area (Å²) in [5, 5.41) is 15.7. The molecule has 0 aromatic heterocycles. The highest BCUT2D eigenvalue weighted by molar-refractivity contribution is 6.36. The van der Waals surface area contributed by atoms with Crippen molar-refractivity contribution in [3.8, 4) is 17.2 Å². The van der Waals surface area contributed by atoms with Gasteiger partial charge in [0.25, 0.3) is 5.91 Å². The van der Waals surface area contributed by atoms with Gasteiger partial charge >= 0.3 is 0 Å². The van der Waals surface area contributed by atoms with Gasteiger partial charge in [0, 0.05) is 64.8 Å². The Labute approximate surface area is 228 Å². The lowest BCUT2D eigenvalue weighted by atomic mass is 9.91. The average molecular weight is 558 g/mol. The van der Waals surface area contributed by atoms with Crippen molar-refractivity contribution in [1.82, 2.24) is 10.6 Å². The predicted molar refractivity (Wildman–Crippen MR) is 140 cm³/mol. The van der Waals surface area contributed by atoms with Gasteiger partial charge in [-0.05, 0) is 30.3 Å². The van der Waals surface area contributed by atoms with Gasteiger partial charge in [0.15, 0.2) is 0 Å². The third-order valence-corrected chi connectivity index (χ3v) is 7.05. The van der Waals surface area contributed by atoms with Crippen LogP contribution in [0.2, 0.25) is 10.0 Å². The molecule has 1 saturated heterocycles. The SMILES string of the molecule is N#CC1(NC(=O)[C@H](Cc2c(F)cccc2F)NC(=O)c2ccc(-c3ccccc3Cl)c(Cl)c2)CCOCC1. The molecule has 3 aromatic carbocycles. The van der Waals surface area contributed by atoms with Gasteiger partial charge in [-0.3, -0.25) is 9.59 Å². The molecule has 0 saturated carbocycles. The van der Waals surface area contributed by atoms with Gasteiger partial charge in [-0.25, -0.2) is 8.78 Å². The van der Waals surface area contributed by atoms with Gasteiger partial charge in [-0.15, -0.1) is 0 Å². The van der Waals surface area contributed by atoms with Crippen molar-refractivity contribution < 1.29 is 23.1 Å². The summed E-state index contributed by atoms with van der Waals surface area (Å²) in [5.41, 5.74) is -0.174. The summed E-state index contributed by atoms with van der Waals surface area (Å²) >= 11 is 12.7. The van der Waals surface area contributed by atoms with E-state index in [-0.39, 0.29) is 42.2 Å². The van der Waals surface area contributed by atoms with Gasteiger partial charge in [0.05, 0.1) is 6.07 Å². The number of nitriles is 1. The normalized spacial score (nSPS) is 15.2. The molecule has 0 unspecified atom stereocenters. The molecule has 0 radical (unpaired) electrons. The fourth-order valence-corrected chi connectivity index (χ4v) is 4.76. The maximum atomic E-state index is 14.4. The molecule has 196 valence electrons. The highest BCUT2D eigenvalue weighted by Crippen LogP contribution is 2.33. The quantitative estimate of drug-likeness (QED) is 0.403. The molecule has 1 aliphatic heterocycles. The minimum atomic E-state index is -1.39. The van der Waals surface area contributed by atoms with E-state index >= 15 is 0 Å².